The lowest BCUT2D eigenvalue weighted by Crippen LogP contribution is -2.43. The summed E-state index contributed by atoms with van der Waals surface area (Å²) in [6.07, 6.45) is 2.30. The first kappa shape index (κ1) is 18.3. The van der Waals surface area contributed by atoms with Crippen LogP contribution in [0.3, 0.4) is 0 Å². The molecule has 1 aliphatic rings. The Bertz CT molecular complexity index is 628. The van der Waals surface area contributed by atoms with Crippen molar-refractivity contribution in [1.29, 1.82) is 0 Å². The molecule has 134 valence electrons. The van der Waals surface area contributed by atoms with Crippen molar-refractivity contribution < 1.29 is 9.53 Å². The fourth-order valence-electron chi connectivity index (χ4n) is 2.81. The van der Waals surface area contributed by atoms with Crippen molar-refractivity contribution in [2.45, 2.75) is 30.4 Å². The van der Waals surface area contributed by atoms with Gasteiger partial charge in [-0.3, -0.25) is 0 Å². The number of ether oxygens (including phenoxy) is 1. The minimum absolute atomic E-state index is 0.00429. The molecule has 2 aromatic rings. The summed E-state index contributed by atoms with van der Waals surface area (Å²) in [5.41, 5.74) is 1.18. The zero-order valence-corrected chi connectivity index (χ0v) is 15.9. The number of benzene rings is 1. The van der Waals surface area contributed by atoms with E-state index < -0.39 is 0 Å². The second kappa shape index (κ2) is 9.85. The van der Waals surface area contributed by atoms with Gasteiger partial charge in [-0.15, -0.1) is 11.8 Å². The molecule has 2 heterocycles. The predicted octanol–water partition coefficient (Wildman–Crippen LogP) is 4.23. The average molecular weight is 377 g/mol. The Morgan fingerprint density at radius 2 is 2.20 bits per heavy atom. The summed E-state index contributed by atoms with van der Waals surface area (Å²) in [6.45, 7) is 2.77. The summed E-state index contributed by atoms with van der Waals surface area (Å²) < 4.78 is 5.71. The predicted molar refractivity (Wildman–Crippen MR) is 104 cm³/mol. The van der Waals surface area contributed by atoms with Crippen molar-refractivity contribution in [3.05, 3.63) is 52.7 Å². The molecule has 25 heavy (non-hydrogen) atoms. The van der Waals surface area contributed by atoms with Crippen LogP contribution in [-0.4, -0.2) is 42.5 Å². The summed E-state index contributed by atoms with van der Waals surface area (Å²) in [5.74, 6) is 0.863. The first-order valence-corrected chi connectivity index (χ1v) is 10.6. The van der Waals surface area contributed by atoms with Crippen molar-refractivity contribution in [2.75, 3.05) is 25.4 Å². The fraction of sp³-hybridized carbons (Fsp3) is 0.421. The second-order valence-electron chi connectivity index (χ2n) is 6.04. The summed E-state index contributed by atoms with van der Waals surface area (Å²) >= 11 is 3.42. The third-order valence-corrected chi connectivity index (χ3v) is 5.82. The zero-order valence-electron chi connectivity index (χ0n) is 14.2. The number of thioether (sulfide) groups is 1. The van der Waals surface area contributed by atoms with Crippen LogP contribution in [0.1, 0.15) is 18.4 Å². The Hall–Kier alpha value is -1.50. The smallest absolute Gasteiger partial charge is 0.317 e. The van der Waals surface area contributed by atoms with Crippen LogP contribution in [0.5, 0.6) is 0 Å². The van der Waals surface area contributed by atoms with Gasteiger partial charge in [0.1, 0.15) is 0 Å². The normalized spacial score (nSPS) is 16.7. The molecule has 4 nitrogen and oxygen atoms in total. The summed E-state index contributed by atoms with van der Waals surface area (Å²) in [4.78, 5) is 15.7. The number of thiophene rings is 1. The molecule has 1 saturated heterocycles. The van der Waals surface area contributed by atoms with Gasteiger partial charge < -0.3 is 15.0 Å². The van der Waals surface area contributed by atoms with Crippen LogP contribution in [-0.2, 0) is 11.3 Å². The van der Waals surface area contributed by atoms with Gasteiger partial charge in [-0.2, -0.15) is 11.3 Å². The number of hydrogen-bond acceptors (Lipinski definition) is 4. The van der Waals surface area contributed by atoms with E-state index in [4.69, 9.17) is 4.74 Å². The number of amides is 2. The molecule has 1 aliphatic heterocycles. The van der Waals surface area contributed by atoms with Crippen LogP contribution < -0.4 is 5.32 Å². The molecule has 1 aromatic carbocycles. The number of carbonyl (C=O) groups is 1. The number of hydrogen-bond donors (Lipinski definition) is 1. The maximum absolute atomic E-state index is 12.6. The van der Waals surface area contributed by atoms with E-state index in [1.54, 1.807) is 23.1 Å². The third kappa shape index (κ3) is 6.06. The Kier molecular flexibility index (Phi) is 7.21. The number of nitrogens with zero attached hydrogens (tertiary/aromatic N) is 1. The lowest BCUT2D eigenvalue weighted by Gasteiger charge is -2.25. The summed E-state index contributed by atoms with van der Waals surface area (Å²) in [6, 6.07) is 12.3. The lowest BCUT2D eigenvalue weighted by molar-refractivity contribution is 0.0796. The van der Waals surface area contributed by atoms with Gasteiger partial charge in [0.15, 0.2) is 0 Å². The Balaban J connectivity index is 1.47. The number of carbonyl (C=O) groups excluding carboxylic acids is 1. The van der Waals surface area contributed by atoms with Crippen LogP contribution >= 0.6 is 23.1 Å². The van der Waals surface area contributed by atoms with Crippen LogP contribution in [0, 0.1) is 0 Å². The van der Waals surface area contributed by atoms with Crippen molar-refractivity contribution in [1.82, 2.24) is 10.2 Å². The van der Waals surface area contributed by atoms with Gasteiger partial charge in [-0.1, -0.05) is 18.2 Å². The molecule has 1 N–H and O–H groups in total. The van der Waals surface area contributed by atoms with Gasteiger partial charge in [0, 0.05) is 36.9 Å². The van der Waals surface area contributed by atoms with Gasteiger partial charge in [-0.25, -0.2) is 4.79 Å². The lowest BCUT2D eigenvalue weighted by atomic mass is 10.2. The molecule has 1 atom stereocenters. The van der Waals surface area contributed by atoms with E-state index in [0.717, 1.165) is 25.2 Å². The molecule has 2 amide bonds. The van der Waals surface area contributed by atoms with E-state index in [1.165, 1.54) is 10.5 Å². The number of urea groups is 1. The maximum Gasteiger partial charge on any atom is 0.317 e. The molecule has 6 heteroatoms. The van der Waals surface area contributed by atoms with E-state index in [0.29, 0.717) is 19.6 Å². The van der Waals surface area contributed by atoms with Crippen LogP contribution in [0.15, 0.2) is 52.1 Å². The molecule has 1 aromatic heterocycles. The van der Waals surface area contributed by atoms with E-state index in [1.807, 2.05) is 28.5 Å². The molecule has 0 aliphatic carbocycles. The first-order valence-electron chi connectivity index (χ1n) is 8.64. The minimum Gasteiger partial charge on any atom is -0.376 e. The fourth-order valence-corrected chi connectivity index (χ4v) is 4.26. The highest BCUT2D eigenvalue weighted by Crippen LogP contribution is 2.17. The van der Waals surface area contributed by atoms with Crippen molar-refractivity contribution in [2.24, 2.45) is 0 Å². The SMILES string of the molecule is O=C(NCCSc1ccccc1)N(Cc1ccsc1)C[C@H]1CCCO1. The topological polar surface area (TPSA) is 41.6 Å². The molecule has 0 spiro atoms. The number of rotatable bonds is 8. The molecule has 0 radical (unpaired) electrons. The van der Waals surface area contributed by atoms with Crippen molar-refractivity contribution in [3.63, 3.8) is 0 Å². The summed E-state index contributed by atoms with van der Waals surface area (Å²) in [7, 11) is 0. The Morgan fingerprint density at radius 1 is 1.32 bits per heavy atom. The van der Waals surface area contributed by atoms with E-state index in [-0.39, 0.29) is 12.1 Å². The second-order valence-corrected chi connectivity index (χ2v) is 7.99. The molecular formula is C19H24N2O2S2. The first-order chi connectivity index (χ1) is 12.3. The Labute approximate surface area is 157 Å². The average Bonchev–Trinajstić information content (AvgIpc) is 3.33. The quantitative estimate of drug-likeness (QED) is 0.554. The van der Waals surface area contributed by atoms with Gasteiger partial charge in [-0.05, 0) is 47.4 Å². The standard InChI is InChI=1S/C19H24N2O2S2/c22-19(20-9-12-25-18-6-2-1-3-7-18)21(13-16-8-11-24-15-16)14-17-5-4-10-23-17/h1-3,6-8,11,15,17H,4-5,9-10,12-14H2,(H,20,22)/t17-/m1/s1. The van der Waals surface area contributed by atoms with Gasteiger partial charge >= 0.3 is 6.03 Å². The van der Waals surface area contributed by atoms with Crippen LogP contribution in [0.2, 0.25) is 0 Å². The minimum atomic E-state index is -0.00429. The van der Waals surface area contributed by atoms with Crippen molar-refractivity contribution >= 4 is 29.1 Å². The summed E-state index contributed by atoms with van der Waals surface area (Å²) in [5, 5.41) is 7.20. The highest BCUT2D eigenvalue weighted by Gasteiger charge is 2.22. The largest absolute Gasteiger partial charge is 0.376 e. The third-order valence-electron chi connectivity index (χ3n) is 4.08. The van der Waals surface area contributed by atoms with Crippen LogP contribution in [0.25, 0.3) is 0 Å². The van der Waals surface area contributed by atoms with Gasteiger partial charge in [0.2, 0.25) is 0 Å². The van der Waals surface area contributed by atoms with Gasteiger partial charge in [0.25, 0.3) is 0 Å². The van der Waals surface area contributed by atoms with Gasteiger partial charge in [0.05, 0.1) is 6.10 Å². The van der Waals surface area contributed by atoms with E-state index in [2.05, 4.69) is 28.9 Å². The maximum atomic E-state index is 12.6. The number of nitrogens with one attached hydrogen (secondary N) is 1. The highest BCUT2D eigenvalue weighted by atomic mass is 32.2. The highest BCUT2D eigenvalue weighted by molar-refractivity contribution is 7.99. The zero-order chi connectivity index (χ0) is 17.3. The molecular weight excluding hydrogens is 352 g/mol. The molecule has 0 saturated carbocycles. The Morgan fingerprint density at radius 3 is 2.92 bits per heavy atom. The molecule has 1 fully saturated rings. The van der Waals surface area contributed by atoms with Crippen LogP contribution in [0.4, 0.5) is 4.79 Å². The molecule has 3 rings (SSSR count). The monoisotopic (exact) mass is 376 g/mol. The molecule has 0 bridgehead atoms. The molecule has 0 unspecified atom stereocenters. The van der Waals surface area contributed by atoms with E-state index >= 15 is 0 Å². The van der Waals surface area contributed by atoms with Crippen molar-refractivity contribution in [3.8, 4) is 0 Å². The van der Waals surface area contributed by atoms with E-state index in [9.17, 15) is 4.79 Å².